The topological polar surface area (TPSA) is 111 Å². The third kappa shape index (κ3) is 4.57. The maximum atomic E-state index is 13.5. The zero-order valence-electron chi connectivity index (χ0n) is 21.7. The molecule has 2 aliphatic rings. The van der Waals surface area contributed by atoms with Gasteiger partial charge in [-0.25, -0.2) is 22.8 Å². The van der Waals surface area contributed by atoms with Gasteiger partial charge in [0.2, 0.25) is 20.1 Å². The molecule has 0 N–H and O–H groups in total. The minimum Gasteiger partial charge on any atom is -0.345 e. The van der Waals surface area contributed by atoms with Gasteiger partial charge in [-0.2, -0.15) is 14.1 Å². The highest BCUT2D eigenvalue weighted by molar-refractivity contribution is 7.90. The average Bonchev–Trinajstić information content (AvgIpc) is 3.26. The molecule has 1 saturated carbocycles. The van der Waals surface area contributed by atoms with E-state index in [1.807, 2.05) is 23.4 Å². The Morgan fingerprint density at radius 3 is 2.56 bits per heavy atom. The van der Waals surface area contributed by atoms with Gasteiger partial charge in [0.15, 0.2) is 10.9 Å². The van der Waals surface area contributed by atoms with Crippen LogP contribution >= 0.6 is 22.7 Å². The zero-order chi connectivity index (χ0) is 27.5. The van der Waals surface area contributed by atoms with Crippen molar-refractivity contribution in [1.29, 1.82) is 5.26 Å². The summed E-state index contributed by atoms with van der Waals surface area (Å²) in [7, 11) is 0.336. The van der Waals surface area contributed by atoms with Crippen LogP contribution in [0.5, 0.6) is 0 Å². The van der Waals surface area contributed by atoms with E-state index in [1.54, 1.807) is 23.5 Å². The van der Waals surface area contributed by atoms with Crippen molar-refractivity contribution >= 4 is 53.7 Å². The molecule has 1 saturated heterocycles. The van der Waals surface area contributed by atoms with Gasteiger partial charge in [-0.3, -0.25) is 0 Å². The molecule has 1 aliphatic carbocycles. The van der Waals surface area contributed by atoms with Crippen LogP contribution in [0.4, 0.5) is 20.5 Å². The Morgan fingerprint density at radius 2 is 1.90 bits per heavy atom. The quantitative estimate of drug-likeness (QED) is 0.301. The molecule has 14 heteroatoms. The number of thiazole rings is 1. The second-order valence-electron chi connectivity index (χ2n) is 9.82. The van der Waals surface area contributed by atoms with Gasteiger partial charge in [-0.05, 0) is 49.9 Å². The normalized spacial score (nSPS) is 17.8. The van der Waals surface area contributed by atoms with Crippen molar-refractivity contribution in [2.24, 2.45) is 0 Å². The summed E-state index contributed by atoms with van der Waals surface area (Å²) in [6.45, 7) is 3.33. The molecule has 0 spiro atoms. The van der Waals surface area contributed by atoms with Crippen LogP contribution < -0.4 is 9.80 Å². The number of likely N-dealkylation sites (N-methyl/N-ethyl adjacent to an activating group) is 1. The summed E-state index contributed by atoms with van der Waals surface area (Å²) in [5.41, 5.74) is 2.04. The van der Waals surface area contributed by atoms with E-state index in [2.05, 4.69) is 11.0 Å². The molecule has 39 heavy (non-hydrogen) atoms. The summed E-state index contributed by atoms with van der Waals surface area (Å²) >= 11 is 2.74. The fraction of sp³-hybridized carbons (Fsp3) is 0.440. The van der Waals surface area contributed by atoms with Crippen LogP contribution in [-0.4, -0.2) is 70.8 Å². The van der Waals surface area contributed by atoms with Crippen molar-refractivity contribution < 1.29 is 12.8 Å². The number of anilines is 3. The third-order valence-electron chi connectivity index (χ3n) is 7.31. The summed E-state index contributed by atoms with van der Waals surface area (Å²) in [6.07, 6.45) is 2.94. The fourth-order valence-electron chi connectivity index (χ4n) is 4.91. The van der Waals surface area contributed by atoms with Gasteiger partial charge < -0.3 is 9.80 Å². The highest BCUT2D eigenvalue weighted by atomic mass is 32.2. The lowest BCUT2D eigenvalue weighted by molar-refractivity contribution is 0.389. The Hall–Kier alpha value is -3.12. The number of sulfonamides is 1. The van der Waals surface area contributed by atoms with E-state index in [0.717, 1.165) is 47.4 Å². The minimum atomic E-state index is -3.23. The number of aromatic nitrogens is 4. The van der Waals surface area contributed by atoms with Crippen molar-refractivity contribution in [3.8, 4) is 17.3 Å². The van der Waals surface area contributed by atoms with E-state index in [1.165, 1.54) is 34.8 Å². The Kier molecular flexibility index (Phi) is 6.57. The standard InChI is InChI=1S/C25H27FN8O2S3/c1-4-19-22(31(2)23-29-21(20(13-27)37-23)15-5-7-16(26)8-6-15)34-24(28-19)38-25(30-34)33-12-11-17(14-33)32(3)39(35,36)18-9-10-18/h5-8,17-18H,4,9-12,14H2,1-3H3. The predicted octanol–water partition coefficient (Wildman–Crippen LogP) is 4.26. The molecule has 204 valence electrons. The first-order valence-corrected chi connectivity index (χ1v) is 15.9. The van der Waals surface area contributed by atoms with Crippen LogP contribution in [0, 0.1) is 17.1 Å². The van der Waals surface area contributed by atoms with Crippen molar-refractivity contribution in [3.05, 3.63) is 40.7 Å². The summed E-state index contributed by atoms with van der Waals surface area (Å²) in [5, 5.41) is 15.8. The average molecular weight is 587 g/mol. The summed E-state index contributed by atoms with van der Waals surface area (Å²) in [6, 6.07) is 8.08. The second kappa shape index (κ2) is 9.81. The predicted molar refractivity (Wildman–Crippen MR) is 151 cm³/mol. The van der Waals surface area contributed by atoms with Crippen LogP contribution in [0.1, 0.15) is 36.8 Å². The molecule has 2 fully saturated rings. The van der Waals surface area contributed by atoms with E-state index in [4.69, 9.17) is 15.1 Å². The van der Waals surface area contributed by atoms with Crippen molar-refractivity contribution in [1.82, 2.24) is 23.9 Å². The first-order chi connectivity index (χ1) is 18.7. The number of aryl methyl sites for hydroxylation is 1. The highest BCUT2D eigenvalue weighted by Gasteiger charge is 2.42. The van der Waals surface area contributed by atoms with Crippen LogP contribution in [0.2, 0.25) is 0 Å². The lowest BCUT2D eigenvalue weighted by Gasteiger charge is -2.24. The Bertz CT molecular complexity index is 1680. The molecule has 0 bridgehead atoms. The van der Waals surface area contributed by atoms with Crippen molar-refractivity contribution in [2.45, 2.75) is 43.9 Å². The molecule has 0 radical (unpaired) electrons. The van der Waals surface area contributed by atoms with E-state index < -0.39 is 10.0 Å². The SMILES string of the molecule is CCc1nc2sc(N3CCC(N(C)S(=O)(=O)C4CC4)C3)nn2c1N(C)c1nc(-c2ccc(F)cc2)c(C#N)s1. The number of hydrogen-bond acceptors (Lipinski definition) is 10. The van der Waals surface area contributed by atoms with Crippen LogP contribution in [-0.2, 0) is 16.4 Å². The van der Waals surface area contributed by atoms with Gasteiger partial charge in [-0.15, -0.1) is 5.10 Å². The van der Waals surface area contributed by atoms with E-state index in [0.29, 0.717) is 34.2 Å². The Morgan fingerprint density at radius 1 is 1.15 bits per heavy atom. The van der Waals surface area contributed by atoms with Gasteiger partial charge in [0.05, 0.1) is 10.9 Å². The number of halogens is 1. The van der Waals surface area contributed by atoms with Crippen molar-refractivity contribution in [2.75, 3.05) is 37.0 Å². The number of fused-ring (bicyclic) bond motifs is 1. The molecule has 1 atom stereocenters. The first kappa shape index (κ1) is 26.1. The van der Waals surface area contributed by atoms with Gasteiger partial charge >= 0.3 is 0 Å². The molecule has 6 rings (SSSR count). The Labute approximate surface area is 234 Å². The molecule has 10 nitrogen and oxygen atoms in total. The lowest BCUT2D eigenvalue weighted by Crippen LogP contribution is -2.40. The molecule has 4 aromatic rings. The molecular formula is C25H27FN8O2S3. The fourth-order valence-corrected chi connectivity index (χ4v) is 8.50. The first-order valence-electron chi connectivity index (χ1n) is 12.7. The molecule has 0 amide bonds. The monoisotopic (exact) mass is 586 g/mol. The molecule has 1 aromatic carbocycles. The zero-order valence-corrected chi connectivity index (χ0v) is 24.2. The summed E-state index contributed by atoms with van der Waals surface area (Å²) in [5.74, 6) is 0.419. The van der Waals surface area contributed by atoms with Crippen LogP contribution in [0.25, 0.3) is 16.2 Å². The largest absolute Gasteiger partial charge is 0.345 e. The summed E-state index contributed by atoms with van der Waals surface area (Å²) in [4.78, 5) is 14.8. The maximum absolute atomic E-state index is 13.5. The smallest absolute Gasteiger partial charge is 0.217 e. The highest BCUT2D eigenvalue weighted by Crippen LogP contribution is 2.39. The number of imidazole rings is 1. The molecule has 4 heterocycles. The number of nitriles is 1. The molecule has 1 unspecified atom stereocenters. The molecule has 3 aromatic heterocycles. The van der Waals surface area contributed by atoms with Gasteiger partial charge in [0.1, 0.15) is 22.5 Å². The van der Waals surface area contributed by atoms with E-state index in [-0.39, 0.29) is 17.1 Å². The van der Waals surface area contributed by atoms with Gasteiger partial charge in [0.25, 0.3) is 0 Å². The van der Waals surface area contributed by atoms with E-state index in [9.17, 15) is 18.1 Å². The van der Waals surface area contributed by atoms with Gasteiger partial charge in [0, 0.05) is 38.8 Å². The minimum absolute atomic E-state index is 0.0789. The van der Waals surface area contributed by atoms with Crippen molar-refractivity contribution in [3.63, 3.8) is 0 Å². The number of nitrogens with zero attached hydrogens (tertiary/aromatic N) is 8. The molecule has 1 aliphatic heterocycles. The third-order valence-corrected chi connectivity index (χ3v) is 11.7. The molecular weight excluding hydrogens is 560 g/mol. The van der Waals surface area contributed by atoms with Gasteiger partial charge in [-0.1, -0.05) is 29.6 Å². The lowest BCUT2D eigenvalue weighted by atomic mass is 10.1. The van der Waals surface area contributed by atoms with Crippen LogP contribution in [0.15, 0.2) is 24.3 Å². The number of benzene rings is 1. The van der Waals surface area contributed by atoms with E-state index >= 15 is 0 Å². The Balaban J connectivity index is 1.30. The summed E-state index contributed by atoms with van der Waals surface area (Å²) < 4.78 is 42.3. The number of rotatable bonds is 8. The number of hydrogen-bond donors (Lipinski definition) is 0. The second-order valence-corrected chi connectivity index (χ2v) is 14.0. The van der Waals surface area contributed by atoms with Crippen LogP contribution in [0.3, 0.4) is 0 Å². The maximum Gasteiger partial charge on any atom is 0.217 e.